The van der Waals surface area contributed by atoms with Crippen LogP contribution in [0.25, 0.3) is 0 Å². The van der Waals surface area contributed by atoms with Gasteiger partial charge in [0.05, 0.1) is 12.0 Å². The zero-order chi connectivity index (χ0) is 16.9. The maximum atomic E-state index is 12.5. The molecule has 0 aliphatic carbocycles. The molecule has 0 saturated heterocycles. The molecule has 0 aliphatic heterocycles. The van der Waals surface area contributed by atoms with Gasteiger partial charge >= 0.3 is 5.97 Å². The van der Waals surface area contributed by atoms with Crippen molar-refractivity contribution in [3.05, 3.63) is 34.9 Å². The predicted octanol–water partition coefficient (Wildman–Crippen LogP) is 4.20. The van der Waals surface area contributed by atoms with Gasteiger partial charge in [0.15, 0.2) is 0 Å². The van der Waals surface area contributed by atoms with Crippen molar-refractivity contribution in [2.75, 3.05) is 5.88 Å². The van der Waals surface area contributed by atoms with Gasteiger partial charge in [-0.05, 0) is 25.5 Å². The maximum Gasteiger partial charge on any atom is 0.365 e. The molecule has 0 unspecified atom stereocenters. The summed E-state index contributed by atoms with van der Waals surface area (Å²) in [7, 11) is 0. The lowest BCUT2D eigenvalue weighted by Crippen LogP contribution is -2.43. The van der Waals surface area contributed by atoms with E-state index in [0.717, 1.165) is 5.06 Å². The van der Waals surface area contributed by atoms with E-state index in [0.29, 0.717) is 10.6 Å². The quantitative estimate of drug-likeness (QED) is 0.562. The highest BCUT2D eigenvalue weighted by Gasteiger charge is 2.34. The summed E-state index contributed by atoms with van der Waals surface area (Å²) in [4.78, 5) is 27.7. The Bertz CT molecular complexity index is 549. The van der Waals surface area contributed by atoms with Crippen LogP contribution in [0.2, 0.25) is 5.02 Å². The first-order valence-electron chi connectivity index (χ1n) is 6.30. The summed E-state index contributed by atoms with van der Waals surface area (Å²) in [5.41, 5.74) is -0.326. The molecule has 0 fully saturated rings. The van der Waals surface area contributed by atoms with Crippen molar-refractivity contribution in [2.24, 2.45) is 5.41 Å². The lowest BCUT2D eigenvalue weighted by Gasteiger charge is -2.29. The number of halogens is 4. The molecule has 1 amide bonds. The van der Waals surface area contributed by atoms with Crippen molar-refractivity contribution in [1.29, 1.82) is 0 Å². The van der Waals surface area contributed by atoms with Gasteiger partial charge in [-0.1, -0.05) is 53.0 Å². The van der Waals surface area contributed by atoms with E-state index in [1.807, 2.05) is 0 Å². The van der Waals surface area contributed by atoms with Gasteiger partial charge in [-0.2, -0.15) is 5.06 Å². The number of rotatable bonds is 5. The van der Waals surface area contributed by atoms with Crippen LogP contribution < -0.4 is 0 Å². The van der Waals surface area contributed by atoms with Crippen LogP contribution in [0.3, 0.4) is 0 Å². The summed E-state index contributed by atoms with van der Waals surface area (Å²) in [6.45, 7) is 3.23. The number of carbonyl (C=O) groups is 2. The zero-order valence-electron chi connectivity index (χ0n) is 12.0. The SMILES string of the molecule is CC(C)(CCl)C(=O)N(Cc1ccccc1Cl)OC(=O)C(Cl)Cl. The lowest BCUT2D eigenvalue weighted by atomic mass is 9.95. The average molecular weight is 387 g/mol. The summed E-state index contributed by atoms with van der Waals surface area (Å²) >= 11 is 22.8. The van der Waals surface area contributed by atoms with Crippen LogP contribution in [0, 0.1) is 5.41 Å². The minimum atomic E-state index is -1.40. The van der Waals surface area contributed by atoms with E-state index in [9.17, 15) is 9.59 Å². The molecule has 0 N–H and O–H groups in total. The minimum Gasteiger partial charge on any atom is -0.335 e. The first-order chi connectivity index (χ1) is 10.2. The Labute approximate surface area is 149 Å². The van der Waals surface area contributed by atoms with Crippen LogP contribution in [0.4, 0.5) is 0 Å². The molecule has 122 valence electrons. The van der Waals surface area contributed by atoms with Crippen molar-refractivity contribution in [3.8, 4) is 0 Å². The molecule has 4 nitrogen and oxygen atoms in total. The fraction of sp³-hybridized carbons (Fsp3) is 0.429. The van der Waals surface area contributed by atoms with E-state index < -0.39 is 22.1 Å². The Hall–Kier alpha value is -0.680. The molecule has 1 aromatic carbocycles. The van der Waals surface area contributed by atoms with E-state index in [1.54, 1.807) is 38.1 Å². The first-order valence-corrected chi connectivity index (χ1v) is 8.09. The number of benzene rings is 1. The van der Waals surface area contributed by atoms with Crippen molar-refractivity contribution >= 4 is 58.3 Å². The highest BCUT2D eigenvalue weighted by Crippen LogP contribution is 2.25. The van der Waals surface area contributed by atoms with Gasteiger partial charge < -0.3 is 4.84 Å². The van der Waals surface area contributed by atoms with E-state index in [1.165, 1.54) is 0 Å². The molecule has 0 aromatic heterocycles. The standard InChI is InChI=1S/C14H15Cl4NO3/c1-14(2,8-15)13(21)19(22-12(20)11(17)18)7-9-5-3-4-6-10(9)16/h3-6,11H,7-8H2,1-2H3. The van der Waals surface area contributed by atoms with Crippen LogP contribution >= 0.6 is 46.4 Å². The topological polar surface area (TPSA) is 46.6 Å². The lowest BCUT2D eigenvalue weighted by molar-refractivity contribution is -0.204. The van der Waals surface area contributed by atoms with Gasteiger partial charge in [-0.3, -0.25) is 4.79 Å². The predicted molar refractivity (Wildman–Crippen MR) is 88.1 cm³/mol. The molecule has 1 rings (SSSR count). The number of hydroxylamine groups is 2. The van der Waals surface area contributed by atoms with Crippen molar-refractivity contribution in [1.82, 2.24) is 5.06 Å². The van der Waals surface area contributed by atoms with E-state index in [-0.39, 0.29) is 12.4 Å². The molecule has 0 saturated carbocycles. The second-order valence-electron chi connectivity index (χ2n) is 5.16. The molecular weight excluding hydrogens is 372 g/mol. The maximum absolute atomic E-state index is 12.5. The molecule has 0 heterocycles. The average Bonchev–Trinajstić information content (AvgIpc) is 2.47. The van der Waals surface area contributed by atoms with Crippen molar-refractivity contribution < 1.29 is 14.4 Å². The fourth-order valence-corrected chi connectivity index (χ4v) is 1.86. The molecule has 0 atom stereocenters. The third-order valence-corrected chi connectivity index (χ3v) is 4.18. The van der Waals surface area contributed by atoms with Gasteiger partial charge in [0, 0.05) is 10.9 Å². The Morgan fingerprint density at radius 2 is 1.86 bits per heavy atom. The molecule has 0 bridgehead atoms. The number of hydrogen-bond donors (Lipinski definition) is 0. The van der Waals surface area contributed by atoms with Crippen LogP contribution in [-0.2, 0) is 21.0 Å². The normalized spacial score (nSPS) is 11.4. The highest BCUT2D eigenvalue weighted by molar-refractivity contribution is 6.52. The van der Waals surface area contributed by atoms with Crippen LogP contribution in [0.15, 0.2) is 24.3 Å². The minimum absolute atomic E-state index is 0.0366. The first kappa shape index (κ1) is 19.4. The third-order valence-electron chi connectivity index (χ3n) is 2.79. The van der Waals surface area contributed by atoms with Crippen molar-refractivity contribution in [2.45, 2.75) is 25.2 Å². The molecular formula is C14H15Cl4NO3. The number of hydrogen-bond acceptors (Lipinski definition) is 3. The molecule has 22 heavy (non-hydrogen) atoms. The molecule has 0 aliphatic rings. The Morgan fingerprint density at radius 3 is 2.36 bits per heavy atom. The Balaban J connectivity index is 3.04. The number of amides is 1. The van der Waals surface area contributed by atoms with Crippen LogP contribution in [0.5, 0.6) is 0 Å². The van der Waals surface area contributed by atoms with Crippen LogP contribution in [-0.4, -0.2) is 27.7 Å². The fourth-order valence-electron chi connectivity index (χ4n) is 1.47. The highest BCUT2D eigenvalue weighted by atomic mass is 35.5. The van der Waals surface area contributed by atoms with E-state index >= 15 is 0 Å². The largest absolute Gasteiger partial charge is 0.365 e. The summed E-state index contributed by atoms with van der Waals surface area (Å²) in [6.07, 6.45) is 0. The summed E-state index contributed by atoms with van der Waals surface area (Å²) in [6, 6.07) is 6.88. The zero-order valence-corrected chi connectivity index (χ0v) is 15.0. The second-order valence-corrected chi connectivity index (χ2v) is 6.93. The molecule has 1 aromatic rings. The van der Waals surface area contributed by atoms with E-state index in [4.69, 9.17) is 51.2 Å². The molecule has 0 radical (unpaired) electrons. The van der Waals surface area contributed by atoms with Crippen molar-refractivity contribution in [3.63, 3.8) is 0 Å². The molecule has 0 spiro atoms. The van der Waals surface area contributed by atoms with Crippen LogP contribution in [0.1, 0.15) is 19.4 Å². The van der Waals surface area contributed by atoms with Gasteiger partial charge in [0.25, 0.3) is 5.91 Å². The third kappa shape index (κ3) is 5.20. The second kappa shape index (κ2) is 8.25. The van der Waals surface area contributed by atoms with Gasteiger partial charge in [0.2, 0.25) is 4.84 Å². The molecule has 8 heteroatoms. The number of carbonyl (C=O) groups excluding carboxylic acids is 2. The summed E-state index contributed by atoms with van der Waals surface area (Å²) < 4.78 is 0. The van der Waals surface area contributed by atoms with E-state index in [2.05, 4.69) is 0 Å². The summed E-state index contributed by atoms with van der Waals surface area (Å²) in [5.74, 6) is -1.38. The Kier molecular flexibility index (Phi) is 7.26. The monoisotopic (exact) mass is 385 g/mol. The van der Waals surface area contributed by atoms with Gasteiger partial charge in [-0.15, -0.1) is 11.6 Å². The van der Waals surface area contributed by atoms with Gasteiger partial charge in [-0.25, -0.2) is 4.79 Å². The summed E-state index contributed by atoms with van der Waals surface area (Å²) in [5, 5.41) is 1.32. The number of nitrogens with zero attached hydrogens (tertiary/aromatic N) is 1. The van der Waals surface area contributed by atoms with Gasteiger partial charge in [0.1, 0.15) is 0 Å². The Morgan fingerprint density at radius 1 is 1.27 bits per heavy atom. The smallest absolute Gasteiger partial charge is 0.335 e. The number of alkyl halides is 3.